The highest BCUT2D eigenvalue weighted by molar-refractivity contribution is 6.33. The van der Waals surface area contributed by atoms with E-state index in [4.69, 9.17) is 17.3 Å². The maximum Gasteiger partial charge on any atom is 0.137 e. The fourth-order valence-corrected chi connectivity index (χ4v) is 2.56. The Labute approximate surface area is 95.1 Å². The summed E-state index contributed by atoms with van der Waals surface area (Å²) in [5, 5.41) is 10.5. The van der Waals surface area contributed by atoms with Crippen LogP contribution in [0.5, 0.6) is 5.75 Å². The Morgan fingerprint density at radius 3 is 2.93 bits per heavy atom. The van der Waals surface area contributed by atoms with E-state index in [1.54, 1.807) is 0 Å². The zero-order chi connectivity index (χ0) is 10.8. The molecule has 0 atom stereocenters. The molecule has 0 bridgehead atoms. The molecule has 82 valence electrons. The number of rotatable bonds is 3. The van der Waals surface area contributed by atoms with Crippen molar-refractivity contribution < 1.29 is 5.11 Å². The van der Waals surface area contributed by atoms with Gasteiger partial charge in [-0.05, 0) is 55.3 Å². The number of aromatic hydroxyl groups is 1. The third-order valence-electron chi connectivity index (χ3n) is 3.04. The lowest BCUT2D eigenvalue weighted by atomic mass is 10.0. The van der Waals surface area contributed by atoms with Crippen LogP contribution in [0.4, 0.5) is 0 Å². The third-order valence-corrected chi connectivity index (χ3v) is 3.44. The van der Waals surface area contributed by atoms with Gasteiger partial charge in [0.1, 0.15) is 5.75 Å². The monoisotopic (exact) mass is 225 g/mol. The molecule has 0 heterocycles. The van der Waals surface area contributed by atoms with Crippen LogP contribution >= 0.6 is 11.6 Å². The molecule has 0 spiro atoms. The Bertz CT molecular complexity index is 376. The van der Waals surface area contributed by atoms with Crippen molar-refractivity contribution in [3.63, 3.8) is 0 Å². The van der Waals surface area contributed by atoms with Gasteiger partial charge in [-0.1, -0.05) is 17.7 Å². The summed E-state index contributed by atoms with van der Waals surface area (Å²) in [6, 6.07) is 2.10. The minimum absolute atomic E-state index is 0.269. The Hall–Kier alpha value is -0.730. The van der Waals surface area contributed by atoms with Crippen molar-refractivity contribution in [2.45, 2.75) is 32.1 Å². The van der Waals surface area contributed by atoms with E-state index in [9.17, 15) is 5.11 Å². The molecule has 1 aromatic carbocycles. The first-order chi connectivity index (χ1) is 7.24. The molecular weight excluding hydrogens is 210 g/mol. The van der Waals surface area contributed by atoms with E-state index in [0.29, 0.717) is 11.6 Å². The molecule has 0 aliphatic heterocycles. The van der Waals surface area contributed by atoms with E-state index in [1.807, 2.05) is 0 Å². The number of hydrogen-bond donors (Lipinski definition) is 2. The zero-order valence-corrected chi connectivity index (χ0v) is 9.48. The van der Waals surface area contributed by atoms with E-state index in [0.717, 1.165) is 43.2 Å². The van der Waals surface area contributed by atoms with Crippen molar-refractivity contribution in [1.29, 1.82) is 0 Å². The number of aryl methyl sites for hydroxylation is 2. The highest BCUT2D eigenvalue weighted by atomic mass is 35.5. The zero-order valence-electron chi connectivity index (χ0n) is 8.72. The highest BCUT2D eigenvalue weighted by Gasteiger charge is 2.19. The van der Waals surface area contributed by atoms with Gasteiger partial charge in [-0.3, -0.25) is 0 Å². The van der Waals surface area contributed by atoms with Gasteiger partial charge in [-0.15, -0.1) is 0 Å². The number of phenols is 1. The first-order valence-electron chi connectivity index (χ1n) is 5.46. The quantitative estimate of drug-likeness (QED) is 0.830. The summed E-state index contributed by atoms with van der Waals surface area (Å²) >= 11 is 6.14. The second-order valence-corrected chi connectivity index (χ2v) is 4.46. The highest BCUT2D eigenvalue weighted by Crippen LogP contribution is 2.38. The third kappa shape index (κ3) is 1.97. The van der Waals surface area contributed by atoms with E-state index < -0.39 is 0 Å². The molecule has 0 fully saturated rings. The van der Waals surface area contributed by atoms with Crippen LogP contribution in [-0.2, 0) is 19.3 Å². The Morgan fingerprint density at radius 1 is 1.40 bits per heavy atom. The molecule has 0 radical (unpaired) electrons. The predicted octanol–water partition coefficient (Wildman–Crippen LogP) is 2.43. The first kappa shape index (κ1) is 10.8. The van der Waals surface area contributed by atoms with Crippen molar-refractivity contribution in [1.82, 2.24) is 0 Å². The number of benzene rings is 1. The molecule has 15 heavy (non-hydrogen) atoms. The molecule has 0 saturated heterocycles. The fourth-order valence-electron chi connectivity index (χ4n) is 2.22. The minimum atomic E-state index is 0.269. The van der Waals surface area contributed by atoms with E-state index in [1.165, 1.54) is 5.56 Å². The summed E-state index contributed by atoms with van der Waals surface area (Å²) in [5.74, 6) is 0.269. The van der Waals surface area contributed by atoms with Gasteiger partial charge in [-0.25, -0.2) is 0 Å². The van der Waals surface area contributed by atoms with Crippen LogP contribution < -0.4 is 5.73 Å². The summed E-state index contributed by atoms with van der Waals surface area (Å²) in [5.41, 5.74) is 8.87. The Morgan fingerprint density at radius 2 is 2.20 bits per heavy atom. The van der Waals surface area contributed by atoms with Gasteiger partial charge in [0.2, 0.25) is 0 Å². The molecule has 3 N–H and O–H groups in total. The Kier molecular flexibility index (Phi) is 3.17. The van der Waals surface area contributed by atoms with Gasteiger partial charge in [-0.2, -0.15) is 0 Å². The average Bonchev–Trinajstić information content (AvgIpc) is 2.69. The summed E-state index contributed by atoms with van der Waals surface area (Å²) < 4.78 is 0. The van der Waals surface area contributed by atoms with Crippen LogP contribution in [0.15, 0.2) is 6.07 Å². The molecular formula is C12H16ClNO. The lowest BCUT2D eigenvalue weighted by Crippen LogP contribution is -2.01. The Balaban J connectivity index is 2.36. The lowest BCUT2D eigenvalue weighted by Gasteiger charge is -2.10. The molecule has 0 aromatic heterocycles. The van der Waals surface area contributed by atoms with Crippen molar-refractivity contribution >= 4 is 11.6 Å². The standard InChI is InChI=1S/C12H16ClNO/c13-11-10-5-1-3-8(10)7-9(12(11)15)4-2-6-14/h7,15H,1-6,14H2. The molecule has 1 aromatic rings. The van der Waals surface area contributed by atoms with E-state index >= 15 is 0 Å². The fraction of sp³-hybridized carbons (Fsp3) is 0.500. The van der Waals surface area contributed by atoms with E-state index in [-0.39, 0.29) is 5.75 Å². The van der Waals surface area contributed by atoms with Crippen molar-refractivity contribution in [2.24, 2.45) is 5.73 Å². The summed E-state index contributed by atoms with van der Waals surface area (Å²) in [6.45, 7) is 0.647. The number of nitrogens with two attached hydrogens (primary N) is 1. The maximum atomic E-state index is 9.92. The van der Waals surface area contributed by atoms with Crippen LogP contribution in [0.3, 0.4) is 0 Å². The minimum Gasteiger partial charge on any atom is -0.506 e. The SMILES string of the molecule is NCCCc1cc2c(c(Cl)c1O)CCC2. The van der Waals surface area contributed by atoms with Crippen LogP contribution in [0.2, 0.25) is 5.02 Å². The van der Waals surface area contributed by atoms with Gasteiger partial charge in [0.25, 0.3) is 0 Å². The number of halogens is 1. The maximum absolute atomic E-state index is 9.92. The normalized spacial score (nSPS) is 14.3. The van der Waals surface area contributed by atoms with Gasteiger partial charge >= 0.3 is 0 Å². The molecule has 3 heteroatoms. The summed E-state index contributed by atoms with van der Waals surface area (Å²) in [6.07, 6.45) is 4.94. The van der Waals surface area contributed by atoms with E-state index in [2.05, 4.69) is 6.07 Å². The summed E-state index contributed by atoms with van der Waals surface area (Å²) in [7, 11) is 0. The molecule has 1 aliphatic carbocycles. The molecule has 1 aliphatic rings. The van der Waals surface area contributed by atoms with Crippen LogP contribution in [0, 0.1) is 0 Å². The van der Waals surface area contributed by atoms with Gasteiger partial charge in [0.05, 0.1) is 5.02 Å². The topological polar surface area (TPSA) is 46.2 Å². The van der Waals surface area contributed by atoms with Gasteiger partial charge in [0.15, 0.2) is 0 Å². The van der Waals surface area contributed by atoms with Gasteiger partial charge < -0.3 is 10.8 Å². The second-order valence-electron chi connectivity index (χ2n) is 4.08. The van der Waals surface area contributed by atoms with Gasteiger partial charge in [0, 0.05) is 0 Å². The average molecular weight is 226 g/mol. The van der Waals surface area contributed by atoms with Crippen LogP contribution in [0.1, 0.15) is 29.5 Å². The van der Waals surface area contributed by atoms with Crippen LogP contribution in [0.25, 0.3) is 0 Å². The summed E-state index contributed by atoms with van der Waals surface area (Å²) in [4.78, 5) is 0. The number of hydrogen-bond acceptors (Lipinski definition) is 2. The lowest BCUT2D eigenvalue weighted by molar-refractivity contribution is 0.467. The number of phenolic OH excluding ortho intramolecular Hbond substituents is 1. The number of fused-ring (bicyclic) bond motifs is 1. The van der Waals surface area contributed by atoms with Crippen molar-refractivity contribution in [3.8, 4) is 5.75 Å². The molecule has 0 unspecified atom stereocenters. The first-order valence-corrected chi connectivity index (χ1v) is 5.84. The van der Waals surface area contributed by atoms with Crippen LogP contribution in [-0.4, -0.2) is 11.7 Å². The predicted molar refractivity (Wildman–Crippen MR) is 62.5 cm³/mol. The molecule has 2 rings (SSSR count). The largest absolute Gasteiger partial charge is 0.506 e. The molecule has 0 saturated carbocycles. The second kappa shape index (κ2) is 4.42. The van der Waals surface area contributed by atoms with Crippen molar-refractivity contribution in [2.75, 3.05) is 6.54 Å². The van der Waals surface area contributed by atoms with Crippen molar-refractivity contribution in [3.05, 3.63) is 27.8 Å². The smallest absolute Gasteiger partial charge is 0.137 e. The molecule has 2 nitrogen and oxygen atoms in total. The molecule has 0 amide bonds.